The summed E-state index contributed by atoms with van der Waals surface area (Å²) in [4.78, 5) is 18.4. The number of hydrogen-bond donors (Lipinski definition) is 1. The minimum Gasteiger partial charge on any atom is -0.481 e. The molecule has 4 rings (SSSR count). The number of sulfonamides is 1. The first kappa shape index (κ1) is 17.4. The van der Waals surface area contributed by atoms with Gasteiger partial charge in [0.2, 0.25) is 10.0 Å². The van der Waals surface area contributed by atoms with Crippen LogP contribution in [0.4, 0.5) is 0 Å². The van der Waals surface area contributed by atoms with Gasteiger partial charge in [-0.15, -0.1) is 0 Å². The van der Waals surface area contributed by atoms with Crippen molar-refractivity contribution in [1.29, 1.82) is 0 Å². The number of carbonyl (C=O) groups is 1. The molecule has 3 heterocycles. The molecule has 0 spiro atoms. The highest BCUT2D eigenvalue weighted by Gasteiger charge is 2.59. The minimum atomic E-state index is -3.83. The molecule has 8 heteroatoms. The Morgan fingerprint density at radius 2 is 2.08 bits per heavy atom. The van der Waals surface area contributed by atoms with Crippen molar-refractivity contribution in [3.63, 3.8) is 0 Å². The van der Waals surface area contributed by atoms with E-state index in [0.717, 1.165) is 10.9 Å². The average Bonchev–Trinajstić information content (AvgIpc) is 3.08. The normalized spacial score (nSPS) is 27.1. The van der Waals surface area contributed by atoms with Crippen LogP contribution in [0, 0.1) is 18.3 Å². The molecule has 2 aromatic rings. The summed E-state index contributed by atoms with van der Waals surface area (Å²) in [5.74, 6) is -1.12. The number of carboxylic acid groups (broad SMARTS) is 1. The van der Waals surface area contributed by atoms with Crippen LogP contribution in [0.3, 0.4) is 0 Å². The minimum absolute atomic E-state index is 0.00193. The number of aryl methyl sites for hydroxylation is 1. The van der Waals surface area contributed by atoms with E-state index < -0.39 is 21.4 Å². The molecule has 0 bridgehead atoms. The molecule has 0 amide bonds. The third kappa shape index (κ3) is 2.44. The van der Waals surface area contributed by atoms with Crippen molar-refractivity contribution >= 4 is 26.9 Å². The molecule has 1 N–H and O–H groups in total. The van der Waals surface area contributed by atoms with Gasteiger partial charge in [-0.2, -0.15) is 4.31 Å². The highest BCUT2D eigenvalue weighted by atomic mass is 32.2. The molecular formula is C18H21N3O4S. The second-order valence-electron chi connectivity index (χ2n) is 7.49. The summed E-state index contributed by atoms with van der Waals surface area (Å²) in [5, 5.41) is 10.6. The number of nitrogens with zero attached hydrogens (tertiary/aromatic N) is 3. The van der Waals surface area contributed by atoms with Gasteiger partial charge in [-0.3, -0.25) is 9.78 Å². The molecule has 2 fully saturated rings. The van der Waals surface area contributed by atoms with E-state index in [9.17, 15) is 18.3 Å². The third-order valence-corrected chi connectivity index (χ3v) is 7.43. The first-order valence-corrected chi connectivity index (χ1v) is 9.95. The van der Waals surface area contributed by atoms with Gasteiger partial charge in [0.1, 0.15) is 4.90 Å². The Morgan fingerprint density at radius 3 is 2.77 bits per heavy atom. The topological polar surface area (TPSA) is 90.8 Å². The van der Waals surface area contributed by atoms with Gasteiger partial charge in [0.15, 0.2) is 0 Å². The van der Waals surface area contributed by atoms with E-state index in [1.54, 1.807) is 18.3 Å². The molecule has 26 heavy (non-hydrogen) atoms. The Morgan fingerprint density at radius 1 is 1.31 bits per heavy atom. The van der Waals surface area contributed by atoms with Crippen LogP contribution in [0.5, 0.6) is 0 Å². The Bertz CT molecular complexity index is 1010. The predicted octanol–water partition coefficient (Wildman–Crippen LogP) is 1.18. The van der Waals surface area contributed by atoms with E-state index in [4.69, 9.17) is 0 Å². The van der Waals surface area contributed by atoms with Crippen LogP contribution in [0.15, 0.2) is 35.4 Å². The number of aliphatic carboxylic acids is 1. The largest absolute Gasteiger partial charge is 0.481 e. The third-order valence-electron chi connectivity index (χ3n) is 5.61. The van der Waals surface area contributed by atoms with Crippen LogP contribution in [0.1, 0.15) is 5.56 Å². The van der Waals surface area contributed by atoms with Crippen molar-refractivity contribution in [2.45, 2.75) is 11.8 Å². The summed E-state index contributed by atoms with van der Waals surface area (Å²) in [6.07, 6.45) is 1.57. The van der Waals surface area contributed by atoms with Crippen molar-refractivity contribution < 1.29 is 18.3 Å². The van der Waals surface area contributed by atoms with E-state index in [1.807, 2.05) is 31.0 Å². The van der Waals surface area contributed by atoms with Crippen LogP contribution in [-0.2, 0) is 14.8 Å². The maximum absolute atomic E-state index is 13.4. The number of carboxylic acids is 1. The number of pyridine rings is 1. The lowest BCUT2D eigenvalue weighted by Crippen LogP contribution is -2.41. The highest BCUT2D eigenvalue weighted by Crippen LogP contribution is 2.44. The summed E-state index contributed by atoms with van der Waals surface area (Å²) in [7, 11) is -1.96. The molecular weight excluding hydrogens is 354 g/mol. The number of likely N-dealkylation sites (tertiary alicyclic amines) is 1. The van der Waals surface area contributed by atoms with Gasteiger partial charge in [0.05, 0.1) is 10.9 Å². The molecule has 0 radical (unpaired) electrons. The monoisotopic (exact) mass is 375 g/mol. The van der Waals surface area contributed by atoms with Gasteiger partial charge in [-0.05, 0) is 37.7 Å². The number of rotatable bonds is 3. The SMILES string of the molecule is Cc1cc(S(=O)(=O)N2C[C@H]3CN(C)C[C@@]3(C(=O)O)C2)c2ncccc2c1. The molecule has 138 valence electrons. The molecule has 0 unspecified atom stereocenters. The van der Waals surface area contributed by atoms with Crippen LogP contribution in [0.25, 0.3) is 10.9 Å². The van der Waals surface area contributed by atoms with Crippen molar-refractivity contribution in [1.82, 2.24) is 14.2 Å². The van der Waals surface area contributed by atoms with Gasteiger partial charge in [-0.25, -0.2) is 8.42 Å². The average molecular weight is 375 g/mol. The number of hydrogen-bond acceptors (Lipinski definition) is 5. The van der Waals surface area contributed by atoms with Crippen molar-refractivity contribution in [3.8, 4) is 0 Å². The van der Waals surface area contributed by atoms with Crippen LogP contribution >= 0.6 is 0 Å². The fraction of sp³-hybridized carbons (Fsp3) is 0.444. The fourth-order valence-electron chi connectivity index (χ4n) is 4.39. The number of aromatic nitrogens is 1. The molecule has 0 aliphatic carbocycles. The summed E-state index contributed by atoms with van der Waals surface area (Å²) in [6.45, 7) is 3.03. The molecule has 2 atom stereocenters. The Hall–Kier alpha value is -2.03. The van der Waals surface area contributed by atoms with Crippen LogP contribution in [-0.4, -0.2) is 66.9 Å². The Balaban J connectivity index is 1.79. The fourth-order valence-corrected chi connectivity index (χ4v) is 6.20. The molecule has 0 saturated carbocycles. The zero-order chi connectivity index (χ0) is 18.7. The van der Waals surface area contributed by atoms with Gasteiger partial charge < -0.3 is 10.0 Å². The first-order chi connectivity index (χ1) is 12.2. The zero-order valence-electron chi connectivity index (χ0n) is 14.7. The van der Waals surface area contributed by atoms with Gasteiger partial charge in [0.25, 0.3) is 0 Å². The van der Waals surface area contributed by atoms with Crippen LogP contribution in [0.2, 0.25) is 0 Å². The molecule has 1 aromatic heterocycles. The molecule has 7 nitrogen and oxygen atoms in total. The quantitative estimate of drug-likeness (QED) is 0.866. The first-order valence-electron chi connectivity index (χ1n) is 8.51. The van der Waals surface area contributed by atoms with E-state index in [1.165, 1.54) is 4.31 Å². The van der Waals surface area contributed by atoms with E-state index in [2.05, 4.69) is 4.98 Å². The standard InChI is InChI=1S/C18H21N3O4S/c1-12-6-13-4-3-5-19-16(13)15(7-12)26(24,25)21-9-14-8-20(2)10-18(14,11-21)17(22)23/h3-7,14H,8-11H2,1-2H3,(H,22,23)/t14-,18-/m1/s1. The van der Waals surface area contributed by atoms with Gasteiger partial charge in [0, 0.05) is 43.7 Å². The van der Waals surface area contributed by atoms with E-state index in [0.29, 0.717) is 18.6 Å². The van der Waals surface area contributed by atoms with E-state index >= 15 is 0 Å². The lowest BCUT2D eigenvalue weighted by Gasteiger charge is -2.24. The summed E-state index contributed by atoms with van der Waals surface area (Å²) in [6, 6.07) is 7.13. The van der Waals surface area contributed by atoms with Crippen LogP contribution < -0.4 is 0 Å². The van der Waals surface area contributed by atoms with Gasteiger partial charge in [-0.1, -0.05) is 6.07 Å². The molecule has 2 aliphatic heterocycles. The van der Waals surface area contributed by atoms with Crippen molar-refractivity contribution in [2.75, 3.05) is 33.2 Å². The lowest BCUT2D eigenvalue weighted by molar-refractivity contribution is -0.148. The zero-order valence-corrected chi connectivity index (χ0v) is 15.5. The van der Waals surface area contributed by atoms with Crippen molar-refractivity contribution in [3.05, 3.63) is 36.0 Å². The molecule has 2 aliphatic rings. The van der Waals surface area contributed by atoms with E-state index in [-0.39, 0.29) is 23.9 Å². The second kappa shape index (κ2) is 5.73. The molecule has 1 aromatic carbocycles. The summed E-state index contributed by atoms with van der Waals surface area (Å²) in [5.41, 5.74) is 0.224. The smallest absolute Gasteiger partial charge is 0.312 e. The summed E-state index contributed by atoms with van der Waals surface area (Å²) < 4.78 is 28.1. The molecule has 2 saturated heterocycles. The predicted molar refractivity (Wildman–Crippen MR) is 96.3 cm³/mol. The number of fused-ring (bicyclic) bond motifs is 2. The van der Waals surface area contributed by atoms with Gasteiger partial charge >= 0.3 is 5.97 Å². The maximum Gasteiger partial charge on any atom is 0.312 e. The maximum atomic E-state index is 13.4. The number of benzene rings is 1. The highest BCUT2D eigenvalue weighted by molar-refractivity contribution is 7.89. The second-order valence-corrected chi connectivity index (χ2v) is 9.40. The van der Waals surface area contributed by atoms with Crippen molar-refractivity contribution in [2.24, 2.45) is 11.3 Å². The Kier molecular flexibility index (Phi) is 3.83. The Labute approximate surface area is 152 Å². The summed E-state index contributed by atoms with van der Waals surface area (Å²) >= 11 is 0. The lowest BCUT2D eigenvalue weighted by atomic mass is 9.81.